The van der Waals surface area contributed by atoms with Gasteiger partial charge in [0.1, 0.15) is 12.4 Å². The summed E-state index contributed by atoms with van der Waals surface area (Å²) in [6.45, 7) is 1.09. The van der Waals surface area contributed by atoms with Crippen LogP contribution in [0.2, 0.25) is 0 Å². The van der Waals surface area contributed by atoms with Crippen molar-refractivity contribution >= 4 is 17.6 Å². The van der Waals surface area contributed by atoms with Gasteiger partial charge < -0.3 is 10.1 Å². The molecule has 3 rings (SSSR count). The molecular formula is C20H13F3N4O3. The molecule has 0 aromatic heterocycles. The van der Waals surface area contributed by atoms with Gasteiger partial charge in [0.15, 0.2) is 5.54 Å². The predicted octanol–water partition coefficient (Wildman–Crippen LogP) is 3.34. The first kappa shape index (κ1) is 20.7. The van der Waals surface area contributed by atoms with Gasteiger partial charge in [-0.15, -0.1) is 0 Å². The maximum absolute atomic E-state index is 13.2. The van der Waals surface area contributed by atoms with Gasteiger partial charge in [-0.3, -0.25) is 4.79 Å². The van der Waals surface area contributed by atoms with Crippen molar-refractivity contribution in [3.05, 3.63) is 59.2 Å². The highest BCUT2D eigenvalue weighted by Crippen LogP contribution is 2.36. The third-order valence-electron chi connectivity index (χ3n) is 4.46. The Balaban J connectivity index is 1.85. The molecule has 1 saturated heterocycles. The number of nitrogens with one attached hydrogen (secondary N) is 1. The quantitative estimate of drug-likeness (QED) is 0.773. The van der Waals surface area contributed by atoms with Gasteiger partial charge in [0.05, 0.1) is 34.5 Å². The number of hydrogen-bond donors (Lipinski definition) is 1. The van der Waals surface area contributed by atoms with Gasteiger partial charge >= 0.3 is 12.2 Å². The van der Waals surface area contributed by atoms with Crippen molar-refractivity contribution < 1.29 is 27.5 Å². The number of nitrogens with zero attached hydrogens (tertiary/aromatic N) is 3. The number of anilines is 1. The van der Waals surface area contributed by atoms with Crippen molar-refractivity contribution in [2.75, 3.05) is 11.5 Å². The van der Waals surface area contributed by atoms with E-state index in [0.717, 1.165) is 12.1 Å². The molecule has 152 valence electrons. The second kappa shape index (κ2) is 7.41. The molecule has 7 nitrogen and oxygen atoms in total. The Morgan fingerprint density at radius 1 is 1.10 bits per heavy atom. The molecule has 1 heterocycles. The molecule has 2 aromatic carbocycles. The zero-order valence-electron chi connectivity index (χ0n) is 15.4. The lowest BCUT2D eigenvalue weighted by atomic mass is 10.0. The third kappa shape index (κ3) is 3.76. The summed E-state index contributed by atoms with van der Waals surface area (Å²) >= 11 is 0. The molecule has 0 spiro atoms. The summed E-state index contributed by atoms with van der Waals surface area (Å²) in [5, 5.41) is 20.1. The number of halogens is 3. The van der Waals surface area contributed by atoms with E-state index < -0.39 is 34.8 Å². The normalized spacial score (nSPS) is 18.5. The Labute approximate surface area is 168 Å². The summed E-state index contributed by atoms with van der Waals surface area (Å²) in [4.78, 5) is 25.8. The van der Waals surface area contributed by atoms with Gasteiger partial charge in [-0.25, -0.2) is 9.69 Å². The van der Waals surface area contributed by atoms with E-state index in [4.69, 9.17) is 15.3 Å². The lowest BCUT2D eigenvalue weighted by Gasteiger charge is -2.22. The van der Waals surface area contributed by atoms with E-state index >= 15 is 0 Å². The second-order valence-corrected chi connectivity index (χ2v) is 6.67. The number of carbonyl (C=O) groups excluding carboxylic acids is 2. The Morgan fingerprint density at radius 3 is 2.33 bits per heavy atom. The van der Waals surface area contributed by atoms with E-state index in [1.54, 1.807) is 0 Å². The molecule has 0 unspecified atom stereocenters. The number of hydrogen-bond acceptors (Lipinski definition) is 5. The van der Waals surface area contributed by atoms with E-state index in [0.29, 0.717) is 22.3 Å². The van der Waals surface area contributed by atoms with Gasteiger partial charge in [-0.1, -0.05) is 0 Å². The van der Waals surface area contributed by atoms with Crippen LogP contribution in [-0.4, -0.2) is 24.1 Å². The summed E-state index contributed by atoms with van der Waals surface area (Å²) < 4.78 is 45.2. The van der Waals surface area contributed by atoms with E-state index in [2.05, 4.69) is 5.32 Å². The zero-order valence-corrected chi connectivity index (χ0v) is 15.4. The Bertz CT molecular complexity index is 1100. The standard InChI is InChI=1S/C20H13F3N4O3/c1-19(11-30-15-6-2-12(9-24)3-7-15)17(28)27(18(29)26-19)14-5-4-13(10-25)16(8-14)20(21,22)23/h2-8H,11H2,1H3,(H,26,29)/t19-/m0/s1. The molecule has 1 fully saturated rings. The molecule has 1 aliphatic heterocycles. The van der Waals surface area contributed by atoms with Crippen LogP contribution >= 0.6 is 0 Å². The number of alkyl halides is 3. The number of nitriles is 2. The van der Waals surface area contributed by atoms with Crippen molar-refractivity contribution in [1.29, 1.82) is 10.5 Å². The van der Waals surface area contributed by atoms with Crippen molar-refractivity contribution in [3.63, 3.8) is 0 Å². The molecule has 1 aliphatic rings. The number of ether oxygens (including phenoxy) is 1. The first-order valence-corrected chi connectivity index (χ1v) is 8.50. The number of amides is 3. The Kier molecular flexibility index (Phi) is 5.11. The minimum Gasteiger partial charge on any atom is -0.491 e. The van der Waals surface area contributed by atoms with Crippen LogP contribution in [0.4, 0.5) is 23.7 Å². The topological polar surface area (TPSA) is 106 Å². The minimum absolute atomic E-state index is 0.289. The van der Waals surface area contributed by atoms with Crippen molar-refractivity contribution in [1.82, 2.24) is 5.32 Å². The van der Waals surface area contributed by atoms with Crippen LogP contribution in [0.25, 0.3) is 0 Å². The highest BCUT2D eigenvalue weighted by atomic mass is 19.4. The largest absolute Gasteiger partial charge is 0.491 e. The predicted molar refractivity (Wildman–Crippen MR) is 97.2 cm³/mol. The van der Waals surface area contributed by atoms with Gasteiger partial charge in [-0.2, -0.15) is 23.7 Å². The fraction of sp³-hybridized carbons (Fsp3) is 0.200. The monoisotopic (exact) mass is 414 g/mol. The lowest BCUT2D eigenvalue weighted by Crippen LogP contribution is -2.49. The Hall–Kier alpha value is -4.05. The molecule has 30 heavy (non-hydrogen) atoms. The maximum Gasteiger partial charge on any atom is 0.417 e. The van der Waals surface area contributed by atoms with E-state index in [1.165, 1.54) is 37.3 Å². The summed E-state index contributed by atoms with van der Waals surface area (Å²) in [5.74, 6) is -0.465. The fourth-order valence-electron chi connectivity index (χ4n) is 2.87. The first-order valence-electron chi connectivity index (χ1n) is 8.50. The van der Waals surface area contributed by atoms with Crippen molar-refractivity contribution in [2.45, 2.75) is 18.6 Å². The number of benzene rings is 2. The lowest BCUT2D eigenvalue weighted by molar-refractivity contribution is -0.137. The summed E-state index contributed by atoms with van der Waals surface area (Å²) in [6.07, 6.45) is -4.83. The van der Waals surface area contributed by atoms with Gasteiger partial charge in [0, 0.05) is 0 Å². The van der Waals surface area contributed by atoms with Gasteiger partial charge in [0.2, 0.25) is 0 Å². The highest BCUT2D eigenvalue weighted by Gasteiger charge is 2.49. The molecule has 1 atom stereocenters. The van der Waals surface area contributed by atoms with Gasteiger partial charge in [0.25, 0.3) is 5.91 Å². The summed E-state index contributed by atoms with van der Waals surface area (Å²) in [5.41, 5.74) is -3.30. The molecule has 0 saturated carbocycles. The number of imide groups is 1. The second-order valence-electron chi connectivity index (χ2n) is 6.67. The van der Waals surface area contributed by atoms with Crippen molar-refractivity contribution in [2.24, 2.45) is 0 Å². The molecule has 3 amide bonds. The average Bonchev–Trinajstić information content (AvgIpc) is 2.94. The number of carbonyl (C=O) groups is 2. The van der Waals surface area contributed by atoms with Crippen LogP contribution in [0, 0.1) is 22.7 Å². The van der Waals surface area contributed by atoms with Crippen LogP contribution < -0.4 is 15.0 Å². The average molecular weight is 414 g/mol. The number of rotatable bonds is 4. The van der Waals surface area contributed by atoms with E-state index in [9.17, 15) is 22.8 Å². The zero-order chi connectivity index (χ0) is 22.1. The van der Waals surface area contributed by atoms with E-state index in [-0.39, 0.29) is 12.3 Å². The minimum atomic E-state index is -4.83. The fourth-order valence-corrected chi connectivity index (χ4v) is 2.87. The summed E-state index contributed by atoms with van der Waals surface area (Å²) in [6, 6.07) is 11.1. The van der Waals surface area contributed by atoms with E-state index in [1.807, 2.05) is 6.07 Å². The molecule has 0 bridgehead atoms. The van der Waals surface area contributed by atoms with Crippen LogP contribution in [0.1, 0.15) is 23.6 Å². The smallest absolute Gasteiger partial charge is 0.417 e. The van der Waals surface area contributed by atoms with Gasteiger partial charge in [-0.05, 0) is 49.4 Å². The third-order valence-corrected chi connectivity index (χ3v) is 4.46. The van der Waals surface area contributed by atoms with Crippen LogP contribution in [0.5, 0.6) is 5.75 Å². The Morgan fingerprint density at radius 2 is 1.77 bits per heavy atom. The molecule has 10 heteroatoms. The van der Waals surface area contributed by atoms with Crippen LogP contribution in [-0.2, 0) is 11.0 Å². The first-order chi connectivity index (χ1) is 14.1. The molecule has 2 aromatic rings. The maximum atomic E-state index is 13.2. The molecular weight excluding hydrogens is 401 g/mol. The molecule has 0 radical (unpaired) electrons. The number of urea groups is 1. The molecule has 1 N–H and O–H groups in total. The highest BCUT2D eigenvalue weighted by molar-refractivity contribution is 6.23. The SMILES string of the molecule is C[C@@]1(COc2ccc(C#N)cc2)NC(=O)N(c2ccc(C#N)c(C(F)(F)F)c2)C1=O. The van der Waals surface area contributed by atoms with Crippen LogP contribution in [0.3, 0.4) is 0 Å². The van der Waals surface area contributed by atoms with Crippen molar-refractivity contribution in [3.8, 4) is 17.9 Å². The van der Waals surface area contributed by atoms with Crippen LogP contribution in [0.15, 0.2) is 42.5 Å². The summed E-state index contributed by atoms with van der Waals surface area (Å²) in [7, 11) is 0. The molecule has 0 aliphatic carbocycles.